The second-order valence-electron chi connectivity index (χ2n) is 5.03. The van der Waals surface area contributed by atoms with E-state index in [9.17, 15) is 0 Å². The Bertz CT molecular complexity index is 836. The van der Waals surface area contributed by atoms with Crippen molar-refractivity contribution in [3.05, 3.63) is 53.6 Å². The zero-order valence-corrected chi connectivity index (χ0v) is 12.7. The molecule has 6 heteroatoms. The fourth-order valence-corrected chi connectivity index (χ4v) is 2.10. The highest BCUT2D eigenvalue weighted by Gasteiger charge is 2.03. The van der Waals surface area contributed by atoms with Crippen molar-refractivity contribution in [3.8, 4) is 0 Å². The average molecular weight is 292 g/mol. The molecule has 0 radical (unpaired) electrons. The van der Waals surface area contributed by atoms with Gasteiger partial charge in [-0.3, -0.25) is 4.98 Å². The first kappa shape index (κ1) is 14.1. The average Bonchev–Trinajstić information content (AvgIpc) is 2.51. The summed E-state index contributed by atoms with van der Waals surface area (Å²) in [5.41, 5.74) is 7.82. The Kier molecular flexibility index (Phi) is 3.74. The second kappa shape index (κ2) is 5.85. The van der Waals surface area contributed by atoms with E-state index in [1.54, 1.807) is 6.20 Å². The zero-order valence-electron chi connectivity index (χ0n) is 12.7. The highest BCUT2D eigenvalue weighted by atomic mass is 15.4. The molecule has 110 valence electrons. The molecule has 0 saturated heterocycles. The van der Waals surface area contributed by atoms with Crippen molar-refractivity contribution >= 4 is 22.7 Å². The van der Waals surface area contributed by atoms with Gasteiger partial charge in [-0.15, -0.1) is 0 Å². The fraction of sp³-hybridized carbons (Fsp3) is 0.188. The van der Waals surface area contributed by atoms with Gasteiger partial charge in [-0.25, -0.2) is 20.4 Å². The summed E-state index contributed by atoms with van der Waals surface area (Å²) < 4.78 is 0. The molecular formula is C16H16N6. The zero-order chi connectivity index (χ0) is 15.5. The molecule has 0 aliphatic rings. The van der Waals surface area contributed by atoms with E-state index in [1.165, 1.54) is 0 Å². The van der Waals surface area contributed by atoms with Gasteiger partial charge < -0.3 is 0 Å². The molecule has 1 aromatic carbocycles. The maximum Gasteiger partial charge on any atom is 0.243 e. The van der Waals surface area contributed by atoms with Crippen LogP contribution in [-0.4, -0.2) is 25.6 Å². The van der Waals surface area contributed by atoms with Crippen molar-refractivity contribution in [2.45, 2.75) is 20.8 Å². The van der Waals surface area contributed by atoms with Crippen LogP contribution < -0.4 is 5.43 Å². The third-order valence-corrected chi connectivity index (χ3v) is 3.13. The molecule has 3 aromatic rings. The number of hydrazone groups is 1. The molecule has 0 fully saturated rings. The molecule has 0 aliphatic carbocycles. The summed E-state index contributed by atoms with van der Waals surface area (Å²) in [4.78, 5) is 17.5. The van der Waals surface area contributed by atoms with Gasteiger partial charge in [-0.05, 0) is 39.0 Å². The minimum atomic E-state index is 0.477. The van der Waals surface area contributed by atoms with Gasteiger partial charge in [-0.2, -0.15) is 5.10 Å². The molecule has 2 aromatic heterocycles. The van der Waals surface area contributed by atoms with E-state index in [0.29, 0.717) is 5.95 Å². The van der Waals surface area contributed by atoms with Gasteiger partial charge in [0.2, 0.25) is 5.95 Å². The second-order valence-corrected chi connectivity index (χ2v) is 5.03. The lowest BCUT2D eigenvalue weighted by Gasteiger charge is -2.04. The predicted octanol–water partition coefficient (Wildman–Crippen LogP) is 2.87. The first-order valence-electron chi connectivity index (χ1n) is 6.96. The van der Waals surface area contributed by atoms with Gasteiger partial charge in [0.15, 0.2) is 0 Å². The Labute approximate surface area is 128 Å². The first-order valence-corrected chi connectivity index (χ1v) is 6.96. The first-order chi connectivity index (χ1) is 10.6. The maximum atomic E-state index is 4.55. The van der Waals surface area contributed by atoms with E-state index in [2.05, 4.69) is 30.5 Å². The smallest absolute Gasteiger partial charge is 0.243 e. The van der Waals surface area contributed by atoms with Crippen LogP contribution in [0.2, 0.25) is 0 Å². The summed E-state index contributed by atoms with van der Waals surface area (Å²) in [5, 5.41) is 4.29. The highest BCUT2D eigenvalue weighted by Crippen LogP contribution is 2.09. The number of aromatic nitrogens is 4. The van der Waals surface area contributed by atoms with Crippen LogP contribution in [0.1, 0.15) is 24.0 Å². The molecule has 2 heterocycles. The molecule has 22 heavy (non-hydrogen) atoms. The molecule has 0 bridgehead atoms. The number of rotatable bonds is 3. The maximum absolute atomic E-state index is 4.55. The number of nitrogens with one attached hydrogen (secondary N) is 1. The van der Waals surface area contributed by atoms with Crippen LogP contribution in [0.5, 0.6) is 0 Å². The summed E-state index contributed by atoms with van der Waals surface area (Å²) in [5.74, 6) is 0.477. The largest absolute Gasteiger partial charge is 0.252 e. The van der Waals surface area contributed by atoms with Crippen LogP contribution in [0, 0.1) is 13.8 Å². The standard InChI is InChI=1S/C16H16N6/c1-10-8-11(2)19-16(18-10)22-21-12(3)15-9-17-13-6-4-5-7-14(13)20-15/h4-9H,1-3H3,(H,18,19,22)/b21-12+. The van der Waals surface area contributed by atoms with E-state index >= 15 is 0 Å². The van der Waals surface area contributed by atoms with Crippen LogP contribution in [-0.2, 0) is 0 Å². The Balaban J connectivity index is 1.86. The van der Waals surface area contributed by atoms with Crippen LogP contribution in [0.15, 0.2) is 41.6 Å². The van der Waals surface area contributed by atoms with Gasteiger partial charge in [0.1, 0.15) is 5.69 Å². The van der Waals surface area contributed by atoms with Crippen LogP contribution in [0.3, 0.4) is 0 Å². The van der Waals surface area contributed by atoms with E-state index in [1.807, 2.05) is 51.1 Å². The summed E-state index contributed by atoms with van der Waals surface area (Å²) in [6.45, 7) is 5.71. The van der Waals surface area contributed by atoms with Gasteiger partial charge >= 0.3 is 0 Å². The molecule has 6 nitrogen and oxygen atoms in total. The highest BCUT2D eigenvalue weighted by molar-refractivity contribution is 5.98. The summed E-state index contributed by atoms with van der Waals surface area (Å²) >= 11 is 0. The molecule has 0 unspecified atom stereocenters. The van der Waals surface area contributed by atoms with Crippen LogP contribution >= 0.6 is 0 Å². The lowest BCUT2D eigenvalue weighted by molar-refractivity contribution is 1.03. The van der Waals surface area contributed by atoms with Gasteiger partial charge in [0.25, 0.3) is 0 Å². The molecule has 0 spiro atoms. The van der Waals surface area contributed by atoms with Crippen LogP contribution in [0.25, 0.3) is 11.0 Å². The number of fused-ring (bicyclic) bond motifs is 1. The lowest BCUT2D eigenvalue weighted by atomic mass is 10.2. The SMILES string of the molecule is C/C(=N\Nc1nc(C)cc(C)n1)c1cnc2ccccc2n1. The van der Waals surface area contributed by atoms with Crippen LogP contribution in [0.4, 0.5) is 5.95 Å². The van der Waals surface area contributed by atoms with Gasteiger partial charge in [-0.1, -0.05) is 12.1 Å². The molecule has 0 amide bonds. The summed E-state index contributed by atoms with van der Waals surface area (Å²) in [7, 11) is 0. The molecular weight excluding hydrogens is 276 g/mol. The number of para-hydroxylation sites is 2. The number of anilines is 1. The molecule has 0 saturated carbocycles. The van der Waals surface area contributed by atoms with Crippen molar-refractivity contribution in [1.29, 1.82) is 0 Å². The Morgan fingerprint density at radius 2 is 1.68 bits per heavy atom. The minimum Gasteiger partial charge on any atom is -0.252 e. The van der Waals surface area contributed by atoms with Crippen molar-refractivity contribution in [1.82, 2.24) is 19.9 Å². The third-order valence-electron chi connectivity index (χ3n) is 3.13. The van der Waals surface area contributed by atoms with E-state index in [0.717, 1.165) is 33.8 Å². The monoisotopic (exact) mass is 292 g/mol. The Morgan fingerprint density at radius 3 is 2.41 bits per heavy atom. The lowest BCUT2D eigenvalue weighted by Crippen LogP contribution is -2.06. The van der Waals surface area contributed by atoms with Gasteiger partial charge in [0, 0.05) is 11.4 Å². The topological polar surface area (TPSA) is 76.0 Å². The third kappa shape index (κ3) is 3.06. The molecule has 3 rings (SSSR count). The quantitative estimate of drug-likeness (QED) is 0.593. The minimum absolute atomic E-state index is 0.477. The summed E-state index contributed by atoms with van der Waals surface area (Å²) in [6.07, 6.45) is 1.71. The molecule has 0 atom stereocenters. The number of benzene rings is 1. The summed E-state index contributed by atoms with van der Waals surface area (Å²) in [6, 6.07) is 9.65. The van der Waals surface area contributed by atoms with Crippen molar-refractivity contribution in [2.75, 3.05) is 5.43 Å². The van der Waals surface area contributed by atoms with Crippen molar-refractivity contribution in [3.63, 3.8) is 0 Å². The molecule has 0 aliphatic heterocycles. The molecule has 1 N–H and O–H groups in total. The van der Waals surface area contributed by atoms with Crippen molar-refractivity contribution < 1.29 is 0 Å². The number of aryl methyl sites for hydroxylation is 2. The fourth-order valence-electron chi connectivity index (χ4n) is 2.10. The van der Waals surface area contributed by atoms with E-state index < -0.39 is 0 Å². The van der Waals surface area contributed by atoms with E-state index in [4.69, 9.17) is 0 Å². The Morgan fingerprint density at radius 1 is 1.00 bits per heavy atom. The van der Waals surface area contributed by atoms with Gasteiger partial charge in [0.05, 0.1) is 22.9 Å². The number of hydrogen-bond donors (Lipinski definition) is 1. The normalized spacial score (nSPS) is 11.7. The number of nitrogens with zero attached hydrogens (tertiary/aromatic N) is 5. The Hall–Kier alpha value is -2.89. The van der Waals surface area contributed by atoms with E-state index in [-0.39, 0.29) is 0 Å². The predicted molar refractivity (Wildman–Crippen MR) is 86.9 cm³/mol. The number of hydrogen-bond acceptors (Lipinski definition) is 6. The van der Waals surface area contributed by atoms with Crippen molar-refractivity contribution in [2.24, 2.45) is 5.10 Å².